The van der Waals surface area contributed by atoms with Crippen LogP contribution in [0, 0.1) is 0 Å². The van der Waals surface area contributed by atoms with E-state index in [1.54, 1.807) is 11.8 Å². The van der Waals surface area contributed by atoms with Crippen molar-refractivity contribution in [3.8, 4) is 0 Å². The van der Waals surface area contributed by atoms with Crippen molar-refractivity contribution in [1.82, 2.24) is 9.78 Å². The summed E-state index contributed by atoms with van der Waals surface area (Å²) in [6, 6.07) is 0.0806. The molecule has 0 radical (unpaired) electrons. The van der Waals surface area contributed by atoms with Gasteiger partial charge in [0.05, 0.1) is 26.0 Å². The number of hydrogen-bond acceptors (Lipinski definition) is 4. The van der Waals surface area contributed by atoms with Crippen LogP contribution >= 0.6 is 0 Å². The van der Waals surface area contributed by atoms with Crippen LogP contribution in [0.3, 0.4) is 0 Å². The number of nitrogens with two attached hydrogens (primary N) is 1. The summed E-state index contributed by atoms with van der Waals surface area (Å²) in [5.41, 5.74) is 7.13. The molecule has 0 saturated carbocycles. The van der Waals surface area contributed by atoms with Gasteiger partial charge in [0.1, 0.15) is 0 Å². The molecule has 1 aromatic heterocycles. The van der Waals surface area contributed by atoms with E-state index in [-0.39, 0.29) is 6.04 Å². The van der Waals surface area contributed by atoms with Crippen molar-refractivity contribution in [2.45, 2.75) is 18.9 Å². The fourth-order valence-electron chi connectivity index (χ4n) is 1.41. The van der Waals surface area contributed by atoms with Crippen molar-refractivity contribution in [1.29, 1.82) is 0 Å². The summed E-state index contributed by atoms with van der Waals surface area (Å²) >= 11 is 0. The zero-order valence-corrected chi connectivity index (χ0v) is 10.1. The van der Waals surface area contributed by atoms with Gasteiger partial charge in [-0.1, -0.05) is 0 Å². The molecule has 0 aliphatic heterocycles. The summed E-state index contributed by atoms with van der Waals surface area (Å²) in [6.45, 7) is 1.82. The molecule has 2 N–H and O–H groups in total. The van der Waals surface area contributed by atoms with Crippen LogP contribution in [0.25, 0.3) is 0 Å². The molecule has 1 heterocycles. The molecule has 0 bridgehead atoms. The smallest absolute Gasteiger partial charge is 0.0701 e. The van der Waals surface area contributed by atoms with Crippen molar-refractivity contribution >= 4 is 0 Å². The monoisotopic (exact) mass is 227 g/mol. The first-order valence-corrected chi connectivity index (χ1v) is 5.52. The van der Waals surface area contributed by atoms with Gasteiger partial charge in [0.2, 0.25) is 0 Å². The minimum absolute atomic E-state index is 0.0806. The third-order valence-corrected chi connectivity index (χ3v) is 2.33. The molecular formula is C11H21N3O2. The zero-order valence-electron chi connectivity index (χ0n) is 10.1. The highest BCUT2D eigenvalue weighted by Gasteiger charge is 2.04. The molecule has 1 aromatic rings. The van der Waals surface area contributed by atoms with Crippen LogP contribution < -0.4 is 5.73 Å². The maximum Gasteiger partial charge on any atom is 0.0701 e. The topological polar surface area (TPSA) is 62.3 Å². The molecule has 0 saturated heterocycles. The van der Waals surface area contributed by atoms with Gasteiger partial charge in [-0.05, 0) is 18.4 Å². The van der Waals surface area contributed by atoms with Crippen LogP contribution in [0.4, 0.5) is 0 Å². The second kappa shape index (κ2) is 7.38. The quantitative estimate of drug-likeness (QED) is 0.651. The lowest BCUT2D eigenvalue weighted by Crippen LogP contribution is -2.27. The number of ether oxygens (including phenoxy) is 2. The first-order chi connectivity index (χ1) is 7.72. The van der Waals surface area contributed by atoms with E-state index >= 15 is 0 Å². The Hall–Kier alpha value is -0.910. The number of methoxy groups -OCH3 is 1. The second-order valence-electron chi connectivity index (χ2n) is 3.89. The van der Waals surface area contributed by atoms with Gasteiger partial charge < -0.3 is 15.2 Å². The minimum Gasteiger partial charge on any atom is -0.382 e. The van der Waals surface area contributed by atoms with E-state index in [1.165, 1.54) is 5.56 Å². The largest absolute Gasteiger partial charge is 0.382 e. The van der Waals surface area contributed by atoms with Gasteiger partial charge in [0.25, 0.3) is 0 Å². The van der Waals surface area contributed by atoms with Crippen molar-refractivity contribution in [3.05, 3.63) is 18.0 Å². The Morgan fingerprint density at radius 3 is 2.94 bits per heavy atom. The fourth-order valence-corrected chi connectivity index (χ4v) is 1.41. The van der Waals surface area contributed by atoms with E-state index in [1.807, 2.05) is 19.4 Å². The second-order valence-corrected chi connectivity index (χ2v) is 3.89. The van der Waals surface area contributed by atoms with Gasteiger partial charge in [-0.25, -0.2) is 0 Å². The third-order valence-electron chi connectivity index (χ3n) is 2.33. The lowest BCUT2D eigenvalue weighted by atomic mass is 10.1. The lowest BCUT2D eigenvalue weighted by molar-refractivity contribution is 0.0627. The van der Waals surface area contributed by atoms with Gasteiger partial charge in [0, 0.05) is 26.4 Å². The van der Waals surface area contributed by atoms with Gasteiger partial charge in [0.15, 0.2) is 0 Å². The Morgan fingerprint density at radius 2 is 2.31 bits per heavy atom. The molecule has 0 amide bonds. The summed E-state index contributed by atoms with van der Waals surface area (Å²) in [7, 11) is 3.57. The standard InChI is InChI=1S/C11H21N3O2/c1-14-8-10(7-13-14)3-4-11(12)9-16-6-5-15-2/h7-8,11H,3-6,9,12H2,1-2H3. The summed E-state index contributed by atoms with van der Waals surface area (Å²) in [5.74, 6) is 0. The summed E-state index contributed by atoms with van der Waals surface area (Å²) in [5, 5.41) is 4.11. The summed E-state index contributed by atoms with van der Waals surface area (Å²) in [4.78, 5) is 0. The van der Waals surface area contributed by atoms with Crippen LogP contribution in [0.5, 0.6) is 0 Å². The highest BCUT2D eigenvalue weighted by atomic mass is 16.5. The third kappa shape index (κ3) is 5.25. The van der Waals surface area contributed by atoms with Crippen molar-refractivity contribution in [2.75, 3.05) is 26.9 Å². The molecule has 1 rings (SSSR count). The molecule has 16 heavy (non-hydrogen) atoms. The van der Waals surface area contributed by atoms with Crippen molar-refractivity contribution < 1.29 is 9.47 Å². The molecule has 0 aromatic carbocycles. The SMILES string of the molecule is COCCOCC(N)CCc1cnn(C)c1. The van der Waals surface area contributed by atoms with E-state index in [0.717, 1.165) is 12.8 Å². The molecule has 0 aliphatic rings. The van der Waals surface area contributed by atoms with E-state index in [9.17, 15) is 0 Å². The number of hydrogen-bond donors (Lipinski definition) is 1. The molecule has 92 valence electrons. The summed E-state index contributed by atoms with van der Waals surface area (Å²) < 4.78 is 12.0. The van der Waals surface area contributed by atoms with Gasteiger partial charge in [-0.2, -0.15) is 5.10 Å². The molecule has 5 heteroatoms. The van der Waals surface area contributed by atoms with Crippen LogP contribution in [-0.2, 0) is 22.9 Å². The van der Waals surface area contributed by atoms with E-state index < -0.39 is 0 Å². The number of rotatable bonds is 8. The Kier molecular flexibility index (Phi) is 6.07. The first kappa shape index (κ1) is 13.2. The van der Waals surface area contributed by atoms with E-state index in [0.29, 0.717) is 19.8 Å². The maximum atomic E-state index is 5.92. The van der Waals surface area contributed by atoms with E-state index in [4.69, 9.17) is 15.2 Å². The summed E-state index contributed by atoms with van der Waals surface area (Å²) in [6.07, 6.45) is 5.75. The highest BCUT2D eigenvalue weighted by molar-refractivity contribution is 5.03. The Labute approximate surface area is 96.5 Å². The lowest BCUT2D eigenvalue weighted by Gasteiger charge is -2.11. The Balaban J connectivity index is 2.08. The number of nitrogens with zero attached hydrogens (tertiary/aromatic N) is 2. The predicted molar refractivity (Wildman–Crippen MR) is 62.2 cm³/mol. The van der Waals surface area contributed by atoms with Crippen LogP contribution in [0.2, 0.25) is 0 Å². The molecular weight excluding hydrogens is 206 g/mol. The molecule has 0 aliphatic carbocycles. The van der Waals surface area contributed by atoms with Crippen molar-refractivity contribution in [2.24, 2.45) is 12.8 Å². The molecule has 5 nitrogen and oxygen atoms in total. The van der Waals surface area contributed by atoms with Crippen LogP contribution in [0.1, 0.15) is 12.0 Å². The number of aromatic nitrogens is 2. The average molecular weight is 227 g/mol. The van der Waals surface area contributed by atoms with E-state index in [2.05, 4.69) is 5.10 Å². The maximum absolute atomic E-state index is 5.92. The first-order valence-electron chi connectivity index (χ1n) is 5.52. The van der Waals surface area contributed by atoms with Gasteiger partial charge in [-0.15, -0.1) is 0 Å². The zero-order chi connectivity index (χ0) is 11.8. The van der Waals surface area contributed by atoms with Crippen LogP contribution in [-0.4, -0.2) is 42.8 Å². The van der Waals surface area contributed by atoms with Gasteiger partial charge in [-0.3, -0.25) is 4.68 Å². The Morgan fingerprint density at radius 1 is 1.50 bits per heavy atom. The van der Waals surface area contributed by atoms with Gasteiger partial charge >= 0.3 is 0 Å². The molecule has 0 spiro atoms. The minimum atomic E-state index is 0.0806. The van der Waals surface area contributed by atoms with Crippen LogP contribution in [0.15, 0.2) is 12.4 Å². The Bertz CT molecular complexity index is 289. The highest BCUT2D eigenvalue weighted by Crippen LogP contribution is 2.03. The predicted octanol–water partition coefficient (Wildman–Crippen LogP) is 0.343. The molecule has 0 fully saturated rings. The van der Waals surface area contributed by atoms with Crippen molar-refractivity contribution in [3.63, 3.8) is 0 Å². The number of aryl methyl sites for hydroxylation is 2. The molecule has 1 unspecified atom stereocenters. The average Bonchev–Trinajstić information content (AvgIpc) is 2.68. The normalized spacial score (nSPS) is 12.9. The fraction of sp³-hybridized carbons (Fsp3) is 0.727. The molecule has 1 atom stereocenters.